The molecule has 0 heterocycles. The highest BCUT2D eigenvalue weighted by molar-refractivity contribution is 9.10. The van der Waals surface area contributed by atoms with E-state index in [9.17, 15) is 0 Å². The van der Waals surface area contributed by atoms with Crippen LogP contribution < -0.4 is 0 Å². The first-order valence-corrected chi connectivity index (χ1v) is 7.16. The Bertz CT molecular complexity index is 455. The van der Waals surface area contributed by atoms with E-state index < -0.39 is 0 Å². The predicted octanol–water partition coefficient (Wildman–Crippen LogP) is 5.42. The summed E-state index contributed by atoms with van der Waals surface area (Å²) in [4.78, 5) is 0. The average Bonchev–Trinajstić information content (AvgIpc) is 2.27. The zero-order valence-corrected chi connectivity index (χ0v) is 13.1. The maximum absolute atomic E-state index is 3.64. The van der Waals surface area contributed by atoms with E-state index in [-0.39, 0.29) is 0 Å². The zero-order valence-electron chi connectivity index (χ0n) is 9.93. The van der Waals surface area contributed by atoms with Gasteiger partial charge in [0.05, 0.1) is 0 Å². The molecule has 88 valence electrons. The molecule has 0 aliphatic carbocycles. The number of halogens is 2. The number of aryl methyl sites for hydroxylation is 2. The summed E-state index contributed by atoms with van der Waals surface area (Å²) < 4.78 is 2.38. The highest BCUT2D eigenvalue weighted by Crippen LogP contribution is 2.28. The minimum atomic E-state index is 0.959. The predicted molar refractivity (Wildman–Crippen MR) is 80.6 cm³/mol. The van der Waals surface area contributed by atoms with Gasteiger partial charge in [0.2, 0.25) is 0 Å². The van der Waals surface area contributed by atoms with Gasteiger partial charge >= 0.3 is 0 Å². The lowest BCUT2D eigenvalue weighted by molar-refractivity contribution is 1.11. The van der Waals surface area contributed by atoms with E-state index in [2.05, 4.69) is 82.1 Å². The van der Waals surface area contributed by atoms with Gasteiger partial charge in [0.1, 0.15) is 0 Å². The molecule has 2 heteroatoms. The molecule has 0 N–H and O–H groups in total. The molecule has 0 radical (unpaired) electrons. The Morgan fingerprint density at radius 1 is 0.765 bits per heavy atom. The summed E-state index contributed by atoms with van der Waals surface area (Å²) >= 11 is 7.28. The zero-order chi connectivity index (χ0) is 12.4. The molecule has 2 rings (SSSR count). The fraction of sp³-hybridized carbons (Fsp3) is 0.200. The van der Waals surface area contributed by atoms with E-state index in [1.807, 2.05) is 0 Å². The van der Waals surface area contributed by atoms with Gasteiger partial charge in [-0.3, -0.25) is 0 Å². The first-order chi connectivity index (χ1) is 8.09. The van der Waals surface area contributed by atoms with Crippen LogP contribution in [0.1, 0.15) is 22.3 Å². The molecule has 2 aromatic carbocycles. The molecule has 2 aromatic rings. The standard InChI is InChI=1S/C15H14Br2/c1-10-5-3-7-14(16)12(10)9-13-11(2)6-4-8-15(13)17/h3-8H,9H2,1-2H3. The Balaban J connectivity index is 2.45. The van der Waals surface area contributed by atoms with Crippen LogP contribution in [0.15, 0.2) is 45.3 Å². The maximum atomic E-state index is 3.64. The fourth-order valence-electron chi connectivity index (χ4n) is 1.96. The van der Waals surface area contributed by atoms with Crippen molar-refractivity contribution in [1.82, 2.24) is 0 Å². The van der Waals surface area contributed by atoms with Crippen LogP contribution in [0.4, 0.5) is 0 Å². The second-order valence-electron chi connectivity index (χ2n) is 4.25. The quantitative estimate of drug-likeness (QED) is 0.676. The van der Waals surface area contributed by atoms with Gasteiger partial charge in [-0.1, -0.05) is 56.1 Å². The second-order valence-corrected chi connectivity index (χ2v) is 5.96. The Morgan fingerprint density at radius 2 is 1.18 bits per heavy atom. The van der Waals surface area contributed by atoms with E-state index in [4.69, 9.17) is 0 Å². The van der Waals surface area contributed by atoms with Crippen molar-refractivity contribution in [3.63, 3.8) is 0 Å². The largest absolute Gasteiger partial charge is 0.0609 e. The van der Waals surface area contributed by atoms with Crippen LogP contribution in [-0.4, -0.2) is 0 Å². The molecule has 0 aromatic heterocycles. The summed E-state index contributed by atoms with van der Waals surface area (Å²) in [5.74, 6) is 0. The number of rotatable bonds is 2. The molecule has 0 fully saturated rings. The molecule has 0 amide bonds. The van der Waals surface area contributed by atoms with Gasteiger partial charge in [0.25, 0.3) is 0 Å². The molecule has 0 nitrogen and oxygen atoms in total. The first-order valence-electron chi connectivity index (χ1n) is 5.57. The molecule has 0 aliphatic rings. The molecular formula is C15H14Br2. The third-order valence-corrected chi connectivity index (χ3v) is 4.55. The van der Waals surface area contributed by atoms with Crippen LogP contribution in [0.25, 0.3) is 0 Å². The van der Waals surface area contributed by atoms with E-state index in [0.29, 0.717) is 0 Å². The van der Waals surface area contributed by atoms with Crippen LogP contribution >= 0.6 is 31.9 Å². The minimum absolute atomic E-state index is 0.959. The number of hydrogen-bond donors (Lipinski definition) is 0. The Morgan fingerprint density at radius 3 is 1.53 bits per heavy atom. The Labute approximate surface area is 119 Å². The summed E-state index contributed by atoms with van der Waals surface area (Å²) in [6.45, 7) is 4.32. The summed E-state index contributed by atoms with van der Waals surface area (Å²) in [7, 11) is 0. The molecule has 0 bridgehead atoms. The van der Waals surface area contributed by atoms with Crippen LogP contribution in [0.2, 0.25) is 0 Å². The third kappa shape index (κ3) is 2.80. The highest BCUT2D eigenvalue weighted by Gasteiger charge is 2.09. The normalized spacial score (nSPS) is 10.6. The summed E-state index contributed by atoms with van der Waals surface area (Å²) in [5.41, 5.74) is 5.38. The van der Waals surface area contributed by atoms with E-state index in [1.54, 1.807) is 0 Å². The van der Waals surface area contributed by atoms with Gasteiger partial charge < -0.3 is 0 Å². The lowest BCUT2D eigenvalue weighted by atomic mass is 9.98. The van der Waals surface area contributed by atoms with Crippen LogP contribution in [0.5, 0.6) is 0 Å². The van der Waals surface area contributed by atoms with E-state index in [0.717, 1.165) is 6.42 Å². The maximum Gasteiger partial charge on any atom is 0.0213 e. The van der Waals surface area contributed by atoms with Crippen molar-refractivity contribution in [3.05, 3.63) is 67.6 Å². The Hall–Kier alpha value is -0.600. The topological polar surface area (TPSA) is 0 Å². The van der Waals surface area contributed by atoms with E-state index >= 15 is 0 Å². The van der Waals surface area contributed by atoms with Crippen LogP contribution in [-0.2, 0) is 6.42 Å². The molecule has 0 saturated heterocycles. The lowest BCUT2D eigenvalue weighted by Gasteiger charge is -2.12. The first kappa shape index (κ1) is 12.8. The molecule has 0 atom stereocenters. The van der Waals surface area contributed by atoms with Gasteiger partial charge in [-0.05, 0) is 48.2 Å². The van der Waals surface area contributed by atoms with Gasteiger partial charge in [-0.2, -0.15) is 0 Å². The number of hydrogen-bond acceptors (Lipinski definition) is 0. The number of benzene rings is 2. The average molecular weight is 354 g/mol. The van der Waals surface area contributed by atoms with Gasteiger partial charge in [0.15, 0.2) is 0 Å². The molecule has 0 spiro atoms. The van der Waals surface area contributed by atoms with Crippen molar-refractivity contribution >= 4 is 31.9 Å². The van der Waals surface area contributed by atoms with Gasteiger partial charge in [-0.25, -0.2) is 0 Å². The summed E-state index contributed by atoms with van der Waals surface area (Å²) in [6.07, 6.45) is 0.959. The van der Waals surface area contributed by atoms with Crippen molar-refractivity contribution in [1.29, 1.82) is 0 Å². The molecule has 0 aliphatic heterocycles. The minimum Gasteiger partial charge on any atom is -0.0609 e. The van der Waals surface area contributed by atoms with Gasteiger partial charge in [0, 0.05) is 15.4 Å². The lowest BCUT2D eigenvalue weighted by Crippen LogP contribution is -1.97. The van der Waals surface area contributed by atoms with Gasteiger partial charge in [-0.15, -0.1) is 0 Å². The van der Waals surface area contributed by atoms with Crippen molar-refractivity contribution in [3.8, 4) is 0 Å². The molecular weight excluding hydrogens is 340 g/mol. The second kappa shape index (κ2) is 5.36. The molecule has 0 saturated carbocycles. The monoisotopic (exact) mass is 352 g/mol. The fourth-order valence-corrected chi connectivity index (χ4v) is 3.17. The van der Waals surface area contributed by atoms with Crippen LogP contribution in [0.3, 0.4) is 0 Å². The van der Waals surface area contributed by atoms with Crippen molar-refractivity contribution in [2.75, 3.05) is 0 Å². The molecule has 17 heavy (non-hydrogen) atoms. The summed E-state index contributed by atoms with van der Waals surface area (Å²) in [5, 5.41) is 0. The smallest absolute Gasteiger partial charge is 0.0213 e. The highest BCUT2D eigenvalue weighted by atomic mass is 79.9. The van der Waals surface area contributed by atoms with E-state index in [1.165, 1.54) is 31.2 Å². The van der Waals surface area contributed by atoms with Crippen LogP contribution in [0, 0.1) is 13.8 Å². The third-order valence-electron chi connectivity index (χ3n) is 3.06. The van der Waals surface area contributed by atoms with Crippen molar-refractivity contribution < 1.29 is 0 Å². The van der Waals surface area contributed by atoms with Crippen molar-refractivity contribution in [2.24, 2.45) is 0 Å². The van der Waals surface area contributed by atoms with Crippen molar-refractivity contribution in [2.45, 2.75) is 20.3 Å². The SMILES string of the molecule is Cc1cccc(Br)c1Cc1c(C)cccc1Br. The molecule has 0 unspecified atom stereocenters. The summed E-state index contributed by atoms with van der Waals surface area (Å²) in [6, 6.07) is 12.7. The Kier molecular flexibility index (Phi) is 4.05.